The summed E-state index contributed by atoms with van der Waals surface area (Å²) in [5.74, 6) is -1.03. The second-order valence-corrected chi connectivity index (χ2v) is 4.85. The predicted molar refractivity (Wildman–Crippen MR) is 80.7 cm³/mol. The summed E-state index contributed by atoms with van der Waals surface area (Å²) in [5.41, 5.74) is 3.46. The van der Waals surface area contributed by atoms with Gasteiger partial charge < -0.3 is 5.11 Å². The van der Waals surface area contributed by atoms with Crippen LogP contribution in [0.2, 0.25) is 0 Å². The average molecular weight is 278 g/mol. The van der Waals surface area contributed by atoms with Crippen LogP contribution in [0, 0.1) is 6.92 Å². The molecule has 3 aromatic rings. The number of hydrogen-bond donors (Lipinski definition) is 1. The molecule has 0 atom stereocenters. The Morgan fingerprint density at radius 1 is 1.10 bits per heavy atom. The van der Waals surface area contributed by atoms with Gasteiger partial charge in [-0.15, -0.1) is 0 Å². The van der Waals surface area contributed by atoms with Gasteiger partial charge in [0.15, 0.2) is 5.69 Å². The molecule has 0 spiro atoms. The smallest absolute Gasteiger partial charge is 0.357 e. The van der Waals surface area contributed by atoms with E-state index in [4.69, 9.17) is 0 Å². The van der Waals surface area contributed by atoms with Gasteiger partial charge in [-0.2, -0.15) is 5.10 Å². The first-order valence-corrected chi connectivity index (χ1v) is 6.60. The van der Waals surface area contributed by atoms with Crippen molar-refractivity contribution in [3.63, 3.8) is 0 Å². The Bertz CT molecular complexity index is 792. The van der Waals surface area contributed by atoms with E-state index in [-0.39, 0.29) is 5.69 Å². The third kappa shape index (κ3) is 2.56. The number of aromatic carboxylic acids is 1. The minimum absolute atomic E-state index is 0.0581. The first-order chi connectivity index (χ1) is 10.1. The molecule has 1 N–H and O–H groups in total. The van der Waals surface area contributed by atoms with Gasteiger partial charge in [0.2, 0.25) is 0 Å². The molecule has 2 aromatic carbocycles. The molecular weight excluding hydrogens is 264 g/mol. The van der Waals surface area contributed by atoms with Crippen molar-refractivity contribution in [2.24, 2.45) is 0 Å². The molecule has 0 aliphatic carbocycles. The number of carboxylic acids is 1. The van der Waals surface area contributed by atoms with Crippen LogP contribution >= 0.6 is 0 Å². The van der Waals surface area contributed by atoms with E-state index < -0.39 is 5.97 Å². The highest BCUT2D eigenvalue weighted by molar-refractivity contribution is 5.93. The minimum Gasteiger partial charge on any atom is -0.476 e. The maximum Gasteiger partial charge on any atom is 0.357 e. The SMILES string of the molecule is Cc1cccc(-n2cc(-c3ccccc3)c(C(=O)O)n2)c1. The van der Waals surface area contributed by atoms with Crippen molar-refractivity contribution in [2.75, 3.05) is 0 Å². The Kier molecular flexibility index (Phi) is 3.28. The molecule has 3 rings (SSSR count). The monoisotopic (exact) mass is 278 g/mol. The lowest BCUT2D eigenvalue weighted by molar-refractivity contribution is 0.0691. The van der Waals surface area contributed by atoms with Gasteiger partial charge in [0.05, 0.1) is 5.69 Å². The number of hydrogen-bond acceptors (Lipinski definition) is 2. The average Bonchev–Trinajstić information content (AvgIpc) is 2.93. The summed E-state index contributed by atoms with van der Waals surface area (Å²) < 4.78 is 1.61. The van der Waals surface area contributed by atoms with E-state index in [2.05, 4.69) is 5.10 Å². The largest absolute Gasteiger partial charge is 0.476 e. The summed E-state index contributed by atoms with van der Waals surface area (Å²) >= 11 is 0. The number of aromatic nitrogens is 2. The van der Waals surface area contributed by atoms with Crippen LogP contribution in [0.5, 0.6) is 0 Å². The number of carboxylic acid groups (broad SMARTS) is 1. The molecule has 0 unspecified atom stereocenters. The summed E-state index contributed by atoms with van der Waals surface area (Å²) in [6, 6.07) is 17.2. The van der Waals surface area contributed by atoms with Crippen LogP contribution in [0.15, 0.2) is 60.8 Å². The molecule has 0 radical (unpaired) electrons. The Labute approximate surface area is 122 Å². The third-order valence-corrected chi connectivity index (χ3v) is 3.27. The molecule has 0 bridgehead atoms. The van der Waals surface area contributed by atoms with Crippen LogP contribution in [0.3, 0.4) is 0 Å². The van der Waals surface area contributed by atoms with Crippen LogP contribution in [0.1, 0.15) is 16.1 Å². The zero-order valence-electron chi connectivity index (χ0n) is 11.5. The van der Waals surface area contributed by atoms with Gasteiger partial charge in [-0.25, -0.2) is 9.48 Å². The standard InChI is InChI=1S/C17H14N2O2/c1-12-6-5-9-14(10-12)19-11-15(16(18-19)17(20)21)13-7-3-2-4-8-13/h2-11H,1H3,(H,20,21). The van der Waals surface area contributed by atoms with Gasteiger partial charge in [0, 0.05) is 11.8 Å². The van der Waals surface area contributed by atoms with E-state index in [1.807, 2.05) is 61.5 Å². The molecule has 0 saturated carbocycles. The predicted octanol–water partition coefficient (Wildman–Crippen LogP) is 3.55. The highest BCUT2D eigenvalue weighted by atomic mass is 16.4. The van der Waals surface area contributed by atoms with Crippen molar-refractivity contribution in [2.45, 2.75) is 6.92 Å². The zero-order chi connectivity index (χ0) is 14.8. The van der Waals surface area contributed by atoms with Gasteiger partial charge in [0.1, 0.15) is 0 Å². The van der Waals surface area contributed by atoms with Crippen LogP contribution in [0.4, 0.5) is 0 Å². The van der Waals surface area contributed by atoms with E-state index >= 15 is 0 Å². The molecule has 0 aliphatic rings. The molecule has 0 aliphatic heterocycles. The quantitative estimate of drug-likeness (QED) is 0.797. The first-order valence-electron chi connectivity index (χ1n) is 6.60. The second-order valence-electron chi connectivity index (χ2n) is 4.85. The molecule has 21 heavy (non-hydrogen) atoms. The maximum absolute atomic E-state index is 11.4. The molecule has 4 heteroatoms. The van der Waals surface area contributed by atoms with Crippen molar-refractivity contribution >= 4 is 5.97 Å². The summed E-state index contributed by atoms with van der Waals surface area (Å²) in [4.78, 5) is 11.4. The lowest BCUT2D eigenvalue weighted by atomic mass is 10.1. The highest BCUT2D eigenvalue weighted by Gasteiger charge is 2.17. The van der Waals surface area contributed by atoms with E-state index in [9.17, 15) is 9.90 Å². The number of aryl methyl sites for hydroxylation is 1. The summed E-state index contributed by atoms with van der Waals surface area (Å²) in [7, 11) is 0. The molecule has 1 aromatic heterocycles. The third-order valence-electron chi connectivity index (χ3n) is 3.27. The van der Waals surface area contributed by atoms with Crippen LogP contribution in [-0.4, -0.2) is 20.9 Å². The molecule has 0 amide bonds. The Morgan fingerprint density at radius 3 is 2.52 bits per heavy atom. The number of rotatable bonds is 3. The summed E-state index contributed by atoms with van der Waals surface area (Å²) in [6.07, 6.45) is 1.76. The van der Waals surface area contributed by atoms with Gasteiger partial charge in [0.25, 0.3) is 0 Å². The molecule has 0 saturated heterocycles. The van der Waals surface area contributed by atoms with E-state index in [1.165, 1.54) is 0 Å². The Balaban J connectivity index is 2.15. The van der Waals surface area contributed by atoms with Gasteiger partial charge in [-0.05, 0) is 30.2 Å². The Morgan fingerprint density at radius 2 is 1.86 bits per heavy atom. The Hall–Kier alpha value is -2.88. The summed E-state index contributed by atoms with van der Waals surface area (Å²) in [5, 5.41) is 13.6. The van der Waals surface area contributed by atoms with Crippen LogP contribution < -0.4 is 0 Å². The normalized spacial score (nSPS) is 10.5. The zero-order valence-corrected chi connectivity index (χ0v) is 11.5. The molecule has 0 fully saturated rings. The van der Waals surface area contributed by atoms with E-state index in [1.54, 1.807) is 10.9 Å². The van der Waals surface area contributed by atoms with Gasteiger partial charge >= 0.3 is 5.97 Å². The fourth-order valence-corrected chi connectivity index (χ4v) is 2.26. The van der Waals surface area contributed by atoms with Crippen molar-refractivity contribution < 1.29 is 9.90 Å². The molecule has 1 heterocycles. The fraction of sp³-hybridized carbons (Fsp3) is 0.0588. The number of carbonyl (C=O) groups is 1. The van der Waals surface area contributed by atoms with Crippen molar-refractivity contribution in [1.82, 2.24) is 9.78 Å². The molecule has 104 valence electrons. The van der Waals surface area contributed by atoms with Crippen LogP contribution in [0.25, 0.3) is 16.8 Å². The lowest BCUT2D eigenvalue weighted by Gasteiger charge is -2.01. The fourth-order valence-electron chi connectivity index (χ4n) is 2.26. The molecule has 4 nitrogen and oxygen atoms in total. The van der Waals surface area contributed by atoms with Gasteiger partial charge in [-0.3, -0.25) is 0 Å². The van der Waals surface area contributed by atoms with Crippen molar-refractivity contribution in [1.29, 1.82) is 0 Å². The summed E-state index contributed by atoms with van der Waals surface area (Å²) in [6.45, 7) is 1.99. The van der Waals surface area contributed by atoms with E-state index in [0.29, 0.717) is 5.56 Å². The van der Waals surface area contributed by atoms with Gasteiger partial charge in [-0.1, -0.05) is 42.5 Å². The second kappa shape index (κ2) is 5.25. The highest BCUT2D eigenvalue weighted by Crippen LogP contribution is 2.24. The lowest BCUT2D eigenvalue weighted by Crippen LogP contribution is -2.01. The minimum atomic E-state index is -1.03. The number of nitrogens with zero attached hydrogens (tertiary/aromatic N) is 2. The topological polar surface area (TPSA) is 55.1 Å². The molecular formula is C17H14N2O2. The number of benzene rings is 2. The maximum atomic E-state index is 11.4. The first kappa shape index (κ1) is 13.1. The van der Waals surface area contributed by atoms with Crippen LogP contribution in [-0.2, 0) is 0 Å². The van der Waals surface area contributed by atoms with E-state index in [0.717, 1.165) is 16.8 Å². The van der Waals surface area contributed by atoms with Crippen molar-refractivity contribution in [3.8, 4) is 16.8 Å². The van der Waals surface area contributed by atoms with Crippen molar-refractivity contribution in [3.05, 3.63) is 72.1 Å².